The minimum absolute atomic E-state index is 0. The molecule has 0 amide bonds. The van der Waals surface area contributed by atoms with E-state index in [-0.39, 0.29) is 212 Å². The van der Waals surface area contributed by atoms with Gasteiger partial charge in [0.15, 0.2) is 0 Å². The Morgan fingerprint density at radius 1 is 0.333 bits per heavy atom. The minimum Gasteiger partial charge on any atom is -1.00 e. The second-order valence-corrected chi connectivity index (χ2v) is 0. The third-order valence-corrected chi connectivity index (χ3v) is 0. The zero-order valence-electron chi connectivity index (χ0n) is 4.56. The second kappa shape index (κ2) is 121. The normalized spacial score (nSPS) is 0. The van der Waals surface area contributed by atoms with Crippen molar-refractivity contribution in [2.75, 3.05) is 0 Å². The van der Waals surface area contributed by atoms with Crippen LogP contribution in [-0.2, 0) is 0 Å². The van der Waals surface area contributed by atoms with Gasteiger partial charge in [0.05, 0.1) is 0 Å². The average Bonchev–Trinajstić information content (AvgIpc) is 0. The molecule has 90 valence electrons. The topological polar surface area (TPSA) is 0 Å². The van der Waals surface area contributed by atoms with Crippen LogP contribution in [-0.4, -0.2) is 25.8 Å². The zero-order chi connectivity index (χ0) is 0. The van der Waals surface area contributed by atoms with E-state index in [1.54, 1.807) is 0 Å². The van der Waals surface area contributed by atoms with Gasteiger partial charge >= 0.3 is 100 Å². The predicted octanol–water partition coefficient (Wildman–Crippen LogP) is -27.3. The van der Waals surface area contributed by atoms with Crippen LogP contribution in [0.25, 0.3) is 0 Å². The predicted molar refractivity (Wildman–Crippen MR) is 5.75 cm³/mol. The molecule has 0 heterocycles. The third-order valence-electron chi connectivity index (χ3n) is 0. The van der Waals surface area contributed by atoms with Gasteiger partial charge in [-0.15, -0.1) is 0 Å². The van der Waals surface area contributed by atoms with Crippen LogP contribution in [0, 0.1) is 74.6 Å². The summed E-state index contributed by atoms with van der Waals surface area (Å²) in [7, 11) is 0. The Labute approximate surface area is 207 Å². The first-order valence-electron chi connectivity index (χ1n) is 0. The summed E-state index contributed by atoms with van der Waals surface area (Å²) in [5, 5.41) is 0. The molecule has 0 aromatic heterocycles. The molecule has 12 heavy (non-hydrogen) atoms. The van der Waals surface area contributed by atoms with Crippen LogP contribution in [0.5, 0.6) is 0 Å². The molecule has 0 aromatic carbocycles. The van der Waals surface area contributed by atoms with E-state index in [0.717, 1.165) is 0 Å². The molecule has 0 atom stereocenters. The van der Waals surface area contributed by atoms with Gasteiger partial charge < -0.3 is 112 Å². The Morgan fingerprint density at radius 3 is 0.333 bits per heavy atom. The van der Waals surface area contributed by atoms with E-state index in [1.807, 2.05) is 0 Å². The largest absolute Gasteiger partial charge is 3.00 e. The summed E-state index contributed by atoms with van der Waals surface area (Å²) in [5.41, 5.74) is 0. The summed E-state index contributed by atoms with van der Waals surface area (Å²) < 4.78 is 0. The maximum Gasteiger partial charge on any atom is 3.00 e. The monoisotopic (exact) mass is 763 g/mol. The fourth-order valence-corrected chi connectivity index (χ4v) is 0. The van der Waals surface area contributed by atoms with Crippen molar-refractivity contribution in [1.82, 2.24) is 0 Å². The summed E-state index contributed by atoms with van der Waals surface area (Å²) in [4.78, 5) is 0. The Balaban J connectivity index is 0. The molecule has 0 aromatic rings. The molecule has 0 spiro atoms. The molecule has 0 rings (SSSR count). The van der Waals surface area contributed by atoms with Crippen molar-refractivity contribution in [3.63, 3.8) is 0 Å². The van der Waals surface area contributed by atoms with Gasteiger partial charge in [-0.25, -0.2) is 0 Å². The SMILES string of the molecule is [Cl-].[Cl-].[Cl-].[Cl-].[Cl-].[Cl-].[Cl-].[Cl-].[Cl-].[Ho+3].[In+3].[Tm+3]. The first-order chi connectivity index (χ1) is 0. The van der Waals surface area contributed by atoms with Crippen LogP contribution in [0.2, 0.25) is 0 Å². The van der Waals surface area contributed by atoms with Crippen molar-refractivity contribution in [2.45, 2.75) is 0 Å². The second-order valence-electron chi connectivity index (χ2n) is 0. The summed E-state index contributed by atoms with van der Waals surface area (Å²) in [6.07, 6.45) is 0. The molecular formula is Cl9HoInTm. The van der Waals surface area contributed by atoms with Crippen LogP contribution >= 0.6 is 0 Å². The van der Waals surface area contributed by atoms with Gasteiger partial charge in [0, 0.05) is 0 Å². The molecule has 0 fully saturated rings. The molecule has 0 N–H and O–H groups in total. The summed E-state index contributed by atoms with van der Waals surface area (Å²) in [5.74, 6) is 0. The maximum absolute atomic E-state index is 0. The molecule has 0 aliphatic rings. The Bertz CT molecular complexity index is 14.5. The quantitative estimate of drug-likeness (QED) is 0.215. The van der Waals surface area contributed by atoms with Gasteiger partial charge in [0.25, 0.3) is 0 Å². The number of hydrogen-bond acceptors (Lipinski definition) is 0. The van der Waals surface area contributed by atoms with Crippen molar-refractivity contribution in [3.8, 4) is 0 Å². The Morgan fingerprint density at radius 2 is 0.333 bits per heavy atom. The molecule has 0 bridgehead atoms. The van der Waals surface area contributed by atoms with Gasteiger partial charge in [0.2, 0.25) is 0 Å². The van der Waals surface area contributed by atoms with E-state index in [1.165, 1.54) is 0 Å². The maximum atomic E-state index is 0. The van der Waals surface area contributed by atoms with Gasteiger partial charge in [-0.2, -0.15) is 0 Å². The van der Waals surface area contributed by atoms with Crippen LogP contribution in [0.1, 0.15) is 0 Å². The van der Waals surface area contributed by atoms with Gasteiger partial charge in [-0.3, -0.25) is 0 Å². The fraction of sp³-hybridized carbons (Fsp3) is 0. The zero-order valence-corrected chi connectivity index (χ0v) is 18.4. The minimum atomic E-state index is 0. The van der Waals surface area contributed by atoms with Crippen molar-refractivity contribution >= 4 is 25.8 Å². The molecule has 0 unspecified atom stereocenters. The van der Waals surface area contributed by atoms with Crippen molar-refractivity contribution in [3.05, 3.63) is 0 Å². The molecule has 0 saturated carbocycles. The first kappa shape index (κ1) is 145. The van der Waals surface area contributed by atoms with E-state index < -0.39 is 0 Å². The van der Waals surface area contributed by atoms with E-state index in [0.29, 0.717) is 0 Å². The molecule has 0 nitrogen and oxygen atoms in total. The first-order valence-corrected chi connectivity index (χ1v) is 0. The van der Waals surface area contributed by atoms with Crippen molar-refractivity contribution in [1.29, 1.82) is 0 Å². The van der Waals surface area contributed by atoms with Crippen LogP contribution in [0.4, 0.5) is 0 Å². The molecule has 12 heteroatoms. The molecule has 0 saturated heterocycles. The summed E-state index contributed by atoms with van der Waals surface area (Å²) in [6, 6.07) is 0. The summed E-state index contributed by atoms with van der Waals surface area (Å²) in [6.45, 7) is 0. The average molecular weight is 768 g/mol. The number of rotatable bonds is 0. The molecule has 0 radical (unpaired) electrons. The van der Waals surface area contributed by atoms with Crippen molar-refractivity contribution < 1.29 is 186 Å². The Hall–Kier alpha value is 5.97. The van der Waals surface area contributed by atoms with Crippen molar-refractivity contribution in [2.24, 2.45) is 0 Å². The van der Waals surface area contributed by atoms with Gasteiger partial charge in [-0.05, 0) is 0 Å². The van der Waals surface area contributed by atoms with Crippen LogP contribution < -0.4 is 112 Å². The van der Waals surface area contributed by atoms with E-state index >= 15 is 0 Å². The molecule has 0 aliphatic carbocycles. The molecule has 0 aliphatic heterocycles. The van der Waals surface area contributed by atoms with Crippen LogP contribution in [0.3, 0.4) is 0 Å². The molecular weight excluding hydrogens is 768 g/mol. The van der Waals surface area contributed by atoms with Gasteiger partial charge in [0.1, 0.15) is 0 Å². The van der Waals surface area contributed by atoms with E-state index in [2.05, 4.69) is 0 Å². The summed E-state index contributed by atoms with van der Waals surface area (Å²) >= 11 is 0. The number of halogens is 9. The fourth-order valence-electron chi connectivity index (χ4n) is 0. The standard InChI is InChI=1S/9ClH.Ho.In.Tm/h9*1H;;;/q;;;;;;;;;3*+3/p-9. The van der Waals surface area contributed by atoms with Crippen LogP contribution in [0.15, 0.2) is 0 Å². The van der Waals surface area contributed by atoms with E-state index in [4.69, 9.17) is 0 Å². The van der Waals surface area contributed by atoms with Gasteiger partial charge in [-0.1, -0.05) is 0 Å². The third kappa shape index (κ3) is 100. The number of hydrogen-bond donors (Lipinski definition) is 0. The smallest absolute Gasteiger partial charge is 1.00 e. The Kier molecular flexibility index (Phi) is 1470. The van der Waals surface area contributed by atoms with E-state index in [9.17, 15) is 0 Å².